The van der Waals surface area contributed by atoms with Crippen LogP contribution in [0.4, 0.5) is 0 Å². The Balaban J connectivity index is 1.45. The van der Waals surface area contributed by atoms with Crippen molar-refractivity contribution in [3.63, 3.8) is 0 Å². The number of imidazole rings is 1. The lowest BCUT2D eigenvalue weighted by molar-refractivity contribution is -0.143. The number of benzene rings is 4. The molecule has 0 radical (unpaired) electrons. The van der Waals surface area contributed by atoms with Crippen LogP contribution in [0.5, 0.6) is 0 Å². The first-order valence-electron chi connectivity index (χ1n) is 13.1. The molecule has 0 aliphatic heterocycles. The second-order valence-electron chi connectivity index (χ2n) is 10.2. The maximum Gasteiger partial charge on any atom is 0.310 e. The molecule has 5 aromatic rings. The molecule has 0 saturated heterocycles. The fourth-order valence-electron chi connectivity index (χ4n) is 6.05. The number of nitrogens with zero attached hydrogens (tertiary/aromatic N) is 2. The molecule has 2 atom stereocenters. The average Bonchev–Trinajstić information content (AvgIpc) is 3.55. The number of rotatable bonds is 8. The van der Waals surface area contributed by atoms with Gasteiger partial charge in [0, 0.05) is 17.7 Å². The van der Waals surface area contributed by atoms with E-state index in [-0.39, 0.29) is 5.92 Å². The summed E-state index contributed by atoms with van der Waals surface area (Å²) in [6.07, 6.45) is 5.40. The number of aromatic nitrogens is 2. The van der Waals surface area contributed by atoms with E-state index in [1.807, 2.05) is 31.5 Å². The molecule has 0 spiro atoms. The van der Waals surface area contributed by atoms with E-state index in [0.717, 1.165) is 33.5 Å². The lowest BCUT2D eigenvalue weighted by Gasteiger charge is -2.37. The summed E-state index contributed by atoms with van der Waals surface area (Å²) in [5.74, 6) is -0.606. The predicted octanol–water partition coefficient (Wildman–Crippen LogP) is 7.36. The van der Waals surface area contributed by atoms with Crippen LogP contribution in [-0.4, -0.2) is 20.6 Å². The summed E-state index contributed by atoms with van der Waals surface area (Å²) in [6.45, 7) is 1.97. The van der Waals surface area contributed by atoms with Crippen LogP contribution in [0, 0.1) is 5.41 Å². The third kappa shape index (κ3) is 3.76. The molecule has 6 rings (SSSR count). The highest BCUT2D eigenvalue weighted by Gasteiger charge is 2.59. The molecule has 188 valence electrons. The van der Waals surface area contributed by atoms with Crippen LogP contribution in [0.2, 0.25) is 0 Å². The maximum absolute atomic E-state index is 11.8. The number of hydrogen-bond acceptors (Lipinski definition) is 2. The molecule has 0 bridgehead atoms. The minimum Gasteiger partial charge on any atom is -0.481 e. The molecule has 1 unspecified atom stereocenters. The topological polar surface area (TPSA) is 55.1 Å². The van der Waals surface area contributed by atoms with Crippen LogP contribution >= 0.6 is 0 Å². The van der Waals surface area contributed by atoms with Gasteiger partial charge in [0.1, 0.15) is 5.54 Å². The minimum atomic E-state index is -0.688. The van der Waals surface area contributed by atoms with Crippen molar-refractivity contribution in [2.24, 2.45) is 5.41 Å². The molecule has 0 amide bonds. The molecule has 1 heterocycles. The lowest BCUT2D eigenvalue weighted by Crippen LogP contribution is -2.36. The van der Waals surface area contributed by atoms with Gasteiger partial charge in [-0.15, -0.1) is 0 Å². The van der Waals surface area contributed by atoms with Crippen LogP contribution in [0.3, 0.4) is 0 Å². The van der Waals surface area contributed by atoms with Crippen molar-refractivity contribution < 1.29 is 9.90 Å². The van der Waals surface area contributed by atoms with Crippen LogP contribution in [0.15, 0.2) is 128 Å². The van der Waals surface area contributed by atoms with Crippen LogP contribution in [0.1, 0.15) is 47.9 Å². The van der Waals surface area contributed by atoms with E-state index >= 15 is 0 Å². The monoisotopic (exact) mass is 498 g/mol. The molecule has 1 saturated carbocycles. The van der Waals surface area contributed by atoms with Gasteiger partial charge >= 0.3 is 5.97 Å². The molecule has 1 aliphatic carbocycles. The second-order valence-corrected chi connectivity index (χ2v) is 10.2. The molecule has 38 heavy (non-hydrogen) atoms. The Morgan fingerprint density at radius 1 is 0.842 bits per heavy atom. The minimum absolute atomic E-state index is 0.0819. The summed E-state index contributed by atoms with van der Waals surface area (Å²) in [4.78, 5) is 16.7. The third-order valence-electron chi connectivity index (χ3n) is 8.29. The van der Waals surface area contributed by atoms with Crippen molar-refractivity contribution in [2.45, 2.75) is 31.2 Å². The Morgan fingerprint density at radius 2 is 1.34 bits per heavy atom. The zero-order valence-electron chi connectivity index (χ0n) is 21.4. The van der Waals surface area contributed by atoms with E-state index in [1.54, 1.807) is 0 Å². The molecular weight excluding hydrogens is 468 g/mol. The molecule has 1 aromatic heterocycles. The highest BCUT2D eigenvalue weighted by Crippen LogP contribution is 2.61. The van der Waals surface area contributed by atoms with Gasteiger partial charge < -0.3 is 9.67 Å². The number of carbonyl (C=O) groups is 1. The molecule has 4 aromatic carbocycles. The van der Waals surface area contributed by atoms with Crippen molar-refractivity contribution in [3.8, 4) is 11.3 Å². The average molecular weight is 499 g/mol. The largest absolute Gasteiger partial charge is 0.481 e. The Kier molecular flexibility index (Phi) is 5.96. The molecule has 4 heteroatoms. The first-order chi connectivity index (χ1) is 18.6. The summed E-state index contributed by atoms with van der Waals surface area (Å²) in [5.41, 5.74) is 5.20. The first kappa shape index (κ1) is 23.9. The SMILES string of the molecule is CCC1(C(=O)O)C[C@H]1c1ccc(-c2cn(C(c3ccccc3)(c3ccccc3)c3ccccc3)cn2)cc1. The Bertz CT molecular complexity index is 1450. The third-order valence-corrected chi connectivity index (χ3v) is 8.29. The lowest BCUT2D eigenvalue weighted by atomic mass is 9.77. The summed E-state index contributed by atoms with van der Waals surface area (Å²) >= 11 is 0. The fraction of sp³-hybridized carbons (Fsp3) is 0.176. The van der Waals surface area contributed by atoms with E-state index < -0.39 is 16.9 Å². The number of hydrogen-bond donors (Lipinski definition) is 1. The molecule has 1 N–H and O–H groups in total. The summed E-state index contributed by atoms with van der Waals surface area (Å²) in [5, 5.41) is 9.72. The standard InChI is InChI=1S/C34H30N2O2/c1-2-33(32(37)38)22-30(33)25-18-20-26(21-19-25)31-23-36(24-35-31)34(27-12-6-3-7-13-27,28-14-8-4-9-15-28)29-16-10-5-11-17-29/h3-21,23-24,30H,2,22H2,1H3,(H,37,38)/t30-,33?/m0/s1. The van der Waals surface area contributed by atoms with Gasteiger partial charge in [-0.3, -0.25) is 4.79 Å². The quantitative estimate of drug-likeness (QED) is 0.227. The van der Waals surface area contributed by atoms with Gasteiger partial charge in [0.05, 0.1) is 17.4 Å². The van der Waals surface area contributed by atoms with Gasteiger partial charge in [-0.1, -0.05) is 122 Å². The van der Waals surface area contributed by atoms with E-state index in [2.05, 4.69) is 108 Å². The van der Waals surface area contributed by atoms with Gasteiger partial charge in [-0.2, -0.15) is 0 Å². The highest BCUT2D eigenvalue weighted by atomic mass is 16.4. The van der Waals surface area contributed by atoms with Crippen molar-refractivity contribution >= 4 is 5.97 Å². The summed E-state index contributed by atoms with van der Waals surface area (Å²) < 4.78 is 2.21. The van der Waals surface area contributed by atoms with Gasteiger partial charge in [0.15, 0.2) is 0 Å². The molecular formula is C34H30N2O2. The van der Waals surface area contributed by atoms with Crippen LogP contribution < -0.4 is 0 Å². The van der Waals surface area contributed by atoms with Crippen molar-refractivity contribution in [1.29, 1.82) is 0 Å². The zero-order chi connectivity index (χ0) is 26.2. The highest BCUT2D eigenvalue weighted by molar-refractivity contribution is 5.80. The number of aliphatic carboxylic acids is 1. The van der Waals surface area contributed by atoms with Gasteiger partial charge in [0.2, 0.25) is 0 Å². The number of carboxylic acid groups (broad SMARTS) is 1. The first-order valence-corrected chi connectivity index (χ1v) is 13.1. The van der Waals surface area contributed by atoms with Gasteiger partial charge in [-0.05, 0) is 35.1 Å². The van der Waals surface area contributed by atoms with E-state index in [9.17, 15) is 9.90 Å². The predicted molar refractivity (Wildman–Crippen MR) is 150 cm³/mol. The molecule has 1 aliphatic rings. The van der Waals surface area contributed by atoms with E-state index in [1.165, 1.54) is 0 Å². The summed E-state index contributed by atoms with van der Waals surface area (Å²) in [6, 6.07) is 39.9. The van der Waals surface area contributed by atoms with Crippen LogP contribution in [-0.2, 0) is 10.3 Å². The number of carboxylic acids is 1. The second kappa shape index (κ2) is 9.46. The Morgan fingerprint density at radius 3 is 1.76 bits per heavy atom. The van der Waals surface area contributed by atoms with Gasteiger partial charge in [-0.25, -0.2) is 4.98 Å². The Hall–Kier alpha value is -4.44. The smallest absolute Gasteiger partial charge is 0.310 e. The normalized spacial score (nSPS) is 18.7. The molecule has 4 nitrogen and oxygen atoms in total. The van der Waals surface area contributed by atoms with Crippen molar-refractivity contribution in [2.75, 3.05) is 0 Å². The Labute approximate surface area is 223 Å². The van der Waals surface area contributed by atoms with Gasteiger partial charge in [0.25, 0.3) is 0 Å². The van der Waals surface area contributed by atoms with Crippen LogP contribution in [0.25, 0.3) is 11.3 Å². The maximum atomic E-state index is 11.8. The summed E-state index contributed by atoms with van der Waals surface area (Å²) in [7, 11) is 0. The van der Waals surface area contributed by atoms with Crippen molar-refractivity contribution in [1.82, 2.24) is 9.55 Å². The van der Waals surface area contributed by atoms with Crippen molar-refractivity contribution in [3.05, 3.63) is 150 Å². The zero-order valence-corrected chi connectivity index (χ0v) is 21.4. The molecule has 1 fully saturated rings. The van der Waals surface area contributed by atoms with E-state index in [0.29, 0.717) is 12.8 Å². The fourth-order valence-corrected chi connectivity index (χ4v) is 6.05. The van der Waals surface area contributed by atoms with E-state index in [4.69, 9.17) is 4.98 Å².